The molecule has 6 nitrogen and oxygen atoms in total. The van der Waals surface area contributed by atoms with Crippen LogP contribution in [0.4, 0.5) is 5.82 Å². The molecule has 0 saturated heterocycles. The Balaban J connectivity index is 2.87. The molecule has 0 radical (unpaired) electrons. The number of aromatic nitrogens is 1. The summed E-state index contributed by atoms with van der Waals surface area (Å²) in [5.41, 5.74) is 5.63. The molecule has 0 aliphatic heterocycles. The highest BCUT2D eigenvalue weighted by Gasteiger charge is 2.21. The number of nitrogen functional groups attached to an aromatic ring is 1. The Morgan fingerprint density at radius 2 is 2.00 bits per heavy atom. The van der Waals surface area contributed by atoms with Gasteiger partial charge >= 0.3 is 0 Å². The summed E-state index contributed by atoms with van der Waals surface area (Å²) in [6, 6.07) is 8.99. The number of hydrogen-bond acceptors (Lipinski definition) is 5. The lowest BCUT2D eigenvalue weighted by Crippen LogP contribution is -2.16. The largest absolute Gasteiger partial charge is 0.493 e. The second-order valence-corrected chi connectivity index (χ2v) is 5.62. The summed E-state index contributed by atoms with van der Waals surface area (Å²) in [7, 11) is 0. The summed E-state index contributed by atoms with van der Waals surface area (Å²) >= 11 is 3.35. The van der Waals surface area contributed by atoms with E-state index in [-0.39, 0.29) is 22.5 Å². The second-order valence-electron chi connectivity index (χ2n) is 4.71. The Kier molecular flexibility index (Phi) is 5.05. The fourth-order valence-electron chi connectivity index (χ4n) is 2.15. The van der Waals surface area contributed by atoms with Gasteiger partial charge in [0, 0.05) is 15.6 Å². The van der Waals surface area contributed by atoms with Gasteiger partial charge in [-0.15, -0.1) is 0 Å². The van der Waals surface area contributed by atoms with Crippen molar-refractivity contribution in [1.29, 1.82) is 10.5 Å². The minimum Gasteiger partial charge on any atom is -0.493 e. The Hall–Kier alpha value is -2.77. The number of hydrogen-bond donors (Lipinski definition) is 2. The molecule has 1 aromatic carbocycles. The van der Waals surface area contributed by atoms with Crippen LogP contribution in [0.1, 0.15) is 24.5 Å². The average molecular weight is 373 g/mol. The van der Waals surface area contributed by atoms with Gasteiger partial charge in [-0.1, -0.05) is 22.9 Å². The van der Waals surface area contributed by atoms with E-state index >= 15 is 0 Å². The lowest BCUT2D eigenvalue weighted by Gasteiger charge is -2.14. The summed E-state index contributed by atoms with van der Waals surface area (Å²) in [4.78, 5) is 14.3. The number of nitriles is 2. The number of rotatable bonds is 4. The van der Waals surface area contributed by atoms with Crippen molar-refractivity contribution in [2.24, 2.45) is 0 Å². The Morgan fingerprint density at radius 3 is 2.61 bits per heavy atom. The first-order chi connectivity index (χ1) is 11.0. The van der Waals surface area contributed by atoms with Crippen LogP contribution in [0.2, 0.25) is 0 Å². The van der Waals surface area contributed by atoms with Crippen LogP contribution >= 0.6 is 15.9 Å². The Bertz CT molecular complexity index is 891. The van der Waals surface area contributed by atoms with Crippen molar-refractivity contribution in [3.63, 3.8) is 0 Å². The Morgan fingerprint density at radius 1 is 1.30 bits per heavy atom. The van der Waals surface area contributed by atoms with Crippen molar-refractivity contribution in [1.82, 2.24) is 4.98 Å². The molecular weight excluding hydrogens is 360 g/mol. The minimum atomic E-state index is -0.639. The number of pyridine rings is 1. The van der Waals surface area contributed by atoms with Gasteiger partial charge in [0.25, 0.3) is 5.56 Å². The van der Waals surface area contributed by atoms with Crippen molar-refractivity contribution in [2.75, 3.05) is 12.3 Å². The SMILES string of the molecule is CCCOc1ccc(Br)cc1-c1c(C#N)c(N)[nH]c(=O)c1C#N. The zero-order chi connectivity index (χ0) is 17.0. The molecule has 0 aliphatic carbocycles. The molecule has 0 fully saturated rings. The van der Waals surface area contributed by atoms with E-state index in [1.807, 2.05) is 19.1 Å². The third-order valence-electron chi connectivity index (χ3n) is 3.14. The zero-order valence-electron chi connectivity index (χ0n) is 12.3. The highest BCUT2D eigenvalue weighted by molar-refractivity contribution is 9.10. The molecule has 0 atom stereocenters. The summed E-state index contributed by atoms with van der Waals surface area (Å²) < 4.78 is 6.41. The molecule has 0 unspecified atom stereocenters. The molecule has 0 bridgehead atoms. The molecule has 7 heteroatoms. The lowest BCUT2D eigenvalue weighted by atomic mass is 9.96. The average Bonchev–Trinajstić information content (AvgIpc) is 2.53. The van der Waals surface area contributed by atoms with Crippen molar-refractivity contribution in [3.05, 3.63) is 44.2 Å². The highest BCUT2D eigenvalue weighted by atomic mass is 79.9. The maximum absolute atomic E-state index is 12.0. The third kappa shape index (κ3) is 3.20. The molecule has 0 saturated carbocycles. The molecule has 23 heavy (non-hydrogen) atoms. The molecule has 116 valence electrons. The maximum atomic E-state index is 12.0. The van der Waals surface area contributed by atoms with E-state index < -0.39 is 5.56 Å². The fourth-order valence-corrected chi connectivity index (χ4v) is 2.51. The number of ether oxygens (including phenoxy) is 1. The van der Waals surface area contributed by atoms with Crippen LogP contribution in [0, 0.1) is 22.7 Å². The molecule has 2 aromatic rings. The van der Waals surface area contributed by atoms with Gasteiger partial charge in [-0.05, 0) is 24.6 Å². The standard InChI is InChI=1S/C16H13BrN4O2/c1-2-5-23-13-4-3-9(17)6-10(13)14-11(7-18)15(20)21-16(22)12(14)8-19/h3-4,6H,2,5H2,1H3,(H3,20,21,22). The fraction of sp³-hybridized carbons (Fsp3) is 0.188. The van der Waals surface area contributed by atoms with Crippen molar-refractivity contribution in [3.8, 4) is 29.0 Å². The highest BCUT2D eigenvalue weighted by Crippen LogP contribution is 2.37. The van der Waals surface area contributed by atoms with Crippen LogP contribution in [0.25, 0.3) is 11.1 Å². The van der Waals surface area contributed by atoms with E-state index in [4.69, 9.17) is 10.5 Å². The summed E-state index contributed by atoms with van der Waals surface area (Å²) in [6.45, 7) is 2.43. The topological polar surface area (TPSA) is 116 Å². The predicted octanol–water partition coefficient (Wildman–Crippen LogP) is 2.92. The van der Waals surface area contributed by atoms with E-state index in [0.29, 0.717) is 17.9 Å². The van der Waals surface area contributed by atoms with Crippen LogP contribution in [0.15, 0.2) is 27.5 Å². The number of nitrogens with two attached hydrogens (primary N) is 1. The maximum Gasteiger partial charge on any atom is 0.268 e. The number of anilines is 1. The van der Waals surface area contributed by atoms with E-state index in [1.54, 1.807) is 18.2 Å². The van der Waals surface area contributed by atoms with Crippen LogP contribution in [0.3, 0.4) is 0 Å². The third-order valence-corrected chi connectivity index (χ3v) is 3.63. The molecule has 0 aliphatic rings. The normalized spacial score (nSPS) is 9.91. The smallest absolute Gasteiger partial charge is 0.268 e. The van der Waals surface area contributed by atoms with Gasteiger partial charge < -0.3 is 15.5 Å². The number of nitrogens with one attached hydrogen (secondary N) is 1. The van der Waals surface area contributed by atoms with Crippen LogP contribution in [-0.4, -0.2) is 11.6 Å². The number of aromatic amines is 1. The Labute approximate surface area is 141 Å². The van der Waals surface area contributed by atoms with Crippen molar-refractivity contribution < 1.29 is 4.74 Å². The van der Waals surface area contributed by atoms with Gasteiger partial charge in [0.15, 0.2) is 0 Å². The first kappa shape index (κ1) is 16.6. The minimum absolute atomic E-state index is 0.0422. The first-order valence-corrected chi connectivity index (χ1v) is 7.61. The van der Waals surface area contributed by atoms with E-state index in [0.717, 1.165) is 10.9 Å². The number of H-pyrrole nitrogens is 1. The summed E-state index contributed by atoms with van der Waals surface area (Å²) in [5, 5.41) is 18.7. The quantitative estimate of drug-likeness (QED) is 0.855. The van der Waals surface area contributed by atoms with Crippen LogP contribution in [-0.2, 0) is 0 Å². The molecule has 1 heterocycles. The van der Waals surface area contributed by atoms with Gasteiger partial charge in [0.2, 0.25) is 0 Å². The van der Waals surface area contributed by atoms with Gasteiger partial charge in [-0.25, -0.2) is 0 Å². The summed E-state index contributed by atoms with van der Waals surface area (Å²) in [6.07, 6.45) is 0.795. The number of nitrogens with zero attached hydrogens (tertiary/aromatic N) is 2. The van der Waals surface area contributed by atoms with Crippen molar-refractivity contribution >= 4 is 21.7 Å². The van der Waals surface area contributed by atoms with Gasteiger partial charge in [0.05, 0.1) is 6.61 Å². The molecule has 2 rings (SSSR count). The van der Waals surface area contributed by atoms with Gasteiger partial charge in [0.1, 0.15) is 34.8 Å². The number of benzene rings is 1. The second kappa shape index (κ2) is 6.99. The van der Waals surface area contributed by atoms with Gasteiger partial charge in [-0.2, -0.15) is 10.5 Å². The van der Waals surface area contributed by atoms with E-state index in [2.05, 4.69) is 20.9 Å². The van der Waals surface area contributed by atoms with Crippen molar-refractivity contribution in [2.45, 2.75) is 13.3 Å². The summed E-state index contributed by atoms with van der Waals surface area (Å²) in [5.74, 6) is 0.404. The van der Waals surface area contributed by atoms with Crippen LogP contribution in [0.5, 0.6) is 5.75 Å². The molecule has 3 N–H and O–H groups in total. The molecule has 0 spiro atoms. The zero-order valence-corrected chi connectivity index (χ0v) is 13.9. The monoisotopic (exact) mass is 372 g/mol. The predicted molar refractivity (Wildman–Crippen MR) is 89.8 cm³/mol. The number of halogens is 1. The van der Waals surface area contributed by atoms with Gasteiger partial charge in [-0.3, -0.25) is 4.79 Å². The van der Waals surface area contributed by atoms with Crippen LogP contribution < -0.4 is 16.0 Å². The van der Waals surface area contributed by atoms with E-state index in [1.165, 1.54) is 0 Å². The first-order valence-electron chi connectivity index (χ1n) is 6.82. The molecular formula is C16H13BrN4O2. The molecule has 0 amide bonds. The van der Waals surface area contributed by atoms with E-state index in [9.17, 15) is 15.3 Å². The molecule has 1 aromatic heterocycles. The lowest BCUT2D eigenvalue weighted by molar-refractivity contribution is 0.318.